The molecule has 0 fully saturated rings. The van der Waals surface area contributed by atoms with Gasteiger partial charge < -0.3 is 15.0 Å². The zero-order valence-electron chi connectivity index (χ0n) is 22.8. The van der Waals surface area contributed by atoms with E-state index < -0.39 is 0 Å². The third-order valence-corrected chi connectivity index (χ3v) is 6.99. The van der Waals surface area contributed by atoms with Crippen molar-refractivity contribution in [3.05, 3.63) is 148 Å². The van der Waals surface area contributed by atoms with Crippen LogP contribution in [0.15, 0.2) is 131 Å². The Morgan fingerprint density at radius 1 is 0.465 bits per heavy atom. The number of fused-ring (bicyclic) bond motifs is 6. The summed E-state index contributed by atoms with van der Waals surface area (Å²) in [6, 6.07) is 15.1. The normalized spacial score (nSPS) is 10.8. The fraction of sp³-hybridized carbons (Fsp3) is 0. The zero-order chi connectivity index (χ0) is 29.9. The van der Waals surface area contributed by atoms with Crippen molar-refractivity contribution in [1.29, 1.82) is 0 Å². The van der Waals surface area contributed by atoms with Crippen molar-refractivity contribution in [2.24, 2.45) is 0 Å². The van der Waals surface area contributed by atoms with Crippen molar-refractivity contribution in [3.63, 3.8) is 0 Å². The van der Waals surface area contributed by atoms with E-state index >= 15 is 0 Å². The molecule has 0 atom stereocenters. The summed E-state index contributed by atoms with van der Waals surface area (Å²) in [7, 11) is 0. The number of hydrogen-bond donors (Lipinski definition) is 3. The lowest BCUT2D eigenvalue weighted by Gasteiger charge is -2.14. The summed E-state index contributed by atoms with van der Waals surface area (Å²) in [6.45, 7) is 6.72. The predicted octanol–water partition coefficient (Wildman–Crippen LogP) is 5.76. The molecule has 0 saturated heterocycles. The van der Waals surface area contributed by atoms with Crippen LogP contribution in [0.5, 0.6) is 0 Å². The summed E-state index contributed by atoms with van der Waals surface area (Å²) in [5.74, 6) is 0. The SMILES string of the molecule is C=CC=C.O=c1cc(-c2ccncc2)[nH]c2c1c1[nH]c(-c3ccncc3)cc(=O)c1c1[nH]c(-c3ccncc3)cc(=O)c21. The first kappa shape index (κ1) is 27.0. The van der Waals surface area contributed by atoms with E-state index in [0.29, 0.717) is 33.6 Å². The number of allylic oxidation sites excluding steroid dienone is 2. The van der Waals surface area contributed by atoms with Crippen LogP contribution in [0.25, 0.3) is 66.5 Å². The molecular formula is C34H24N6O3. The number of aromatic amines is 3. The molecule has 0 saturated carbocycles. The zero-order valence-corrected chi connectivity index (χ0v) is 22.8. The Morgan fingerprint density at radius 2 is 0.721 bits per heavy atom. The lowest BCUT2D eigenvalue weighted by atomic mass is 9.99. The summed E-state index contributed by atoms with van der Waals surface area (Å²) in [6.07, 6.45) is 13.0. The Labute approximate surface area is 244 Å². The van der Waals surface area contributed by atoms with Crippen LogP contribution in [0.1, 0.15) is 0 Å². The fourth-order valence-corrected chi connectivity index (χ4v) is 5.05. The van der Waals surface area contributed by atoms with Gasteiger partial charge in [-0.05, 0) is 36.4 Å². The van der Waals surface area contributed by atoms with Gasteiger partial charge in [-0.25, -0.2) is 0 Å². The Morgan fingerprint density at radius 3 is 0.953 bits per heavy atom. The molecule has 0 unspecified atom stereocenters. The quantitative estimate of drug-likeness (QED) is 0.184. The molecule has 3 N–H and O–H groups in total. The number of benzene rings is 1. The van der Waals surface area contributed by atoms with Crippen molar-refractivity contribution in [1.82, 2.24) is 29.9 Å². The van der Waals surface area contributed by atoms with Crippen LogP contribution in [0.3, 0.4) is 0 Å². The molecule has 43 heavy (non-hydrogen) atoms. The van der Waals surface area contributed by atoms with Gasteiger partial charge in [0.2, 0.25) is 0 Å². The highest BCUT2D eigenvalue weighted by Gasteiger charge is 2.20. The van der Waals surface area contributed by atoms with Crippen molar-refractivity contribution in [2.75, 3.05) is 0 Å². The summed E-state index contributed by atoms with van der Waals surface area (Å²) in [5.41, 5.74) is 3.81. The Bertz CT molecular complexity index is 2030. The maximum atomic E-state index is 13.7. The molecule has 0 aliphatic heterocycles. The first-order valence-corrected chi connectivity index (χ1v) is 13.3. The Kier molecular flexibility index (Phi) is 7.11. The minimum Gasteiger partial charge on any atom is -0.354 e. The molecule has 7 rings (SSSR count). The van der Waals surface area contributed by atoms with Gasteiger partial charge in [0, 0.05) is 89.2 Å². The van der Waals surface area contributed by atoms with E-state index in [1.807, 2.05) is 0 Å². The number of nitrogens with zero attached hydrogens (tertiary/aromatic N) is 3. The monoisotopic (exact) mass is 564 g/mol. The minimum absolute atomic E-state index is 0.227. The lowest BCUT2D eigenvalue weighted by molar-refractivity contribution is 1.29. The van der Waals surface area contributed by atoms with Gasteiger partial charge in [0.25, 0.3) is 0 Å². The van der Waals surface area contributed by atoms with E-state index in [2.05, 4.69) is 43.1 Å². The second-order valence-electron chi connectivity index (χ2n) is 9.57. The summed E-state index contributed by atoms with van der Waals surface area (Å²) >= 11 is 0. The molecule has 6 aromatic heterocycles. The van der Waals surface area contributed by atoms with Crippen LogP contribution in [-0.2, 0) is 0 Å². The number of nitrogens with one attached hydrogen (secondary N) is 3. The van der Waals surface area contributed by atoms with E-state index in [1.165, 1.54) is 18.2 Å². The van der Waals surface area contributed by atoms with Gasteiger partial charge in [-0.15, -0.1) is 0 Å². The summed E-state index contributed by atoms with van der Waals surface area (Å²) < 4.78 is 0. The van der Waals surface area contributed by atoms with E-state index in [4.69, 9.17) is 0 Å². The average Bonchev–Trinajstić information content (AvgIpc) is 3.05. The predicted molar refractivity (Wildman–Crippen MR) is 171 cm³/mol. The molecule has 0 aliphatic carbocycles. The molecule has 9 heteroatoms. The van der Waals surface area contributed by atoms with Crippen molar-refractivity contribution >= 4 is 32.7 Å². The number of hydrogen-bond acceptors (Lipinski definition) is 6. The van der Waals surface area contributed by atoms with Gasteiger partial charge in [-0.2, -0.15) is 0 Å². The maximum absolute atomic E-state index is 13.7. The molecule has 1 aromatic carbocycles. The smallest absolute Gasteiger partial charge is 0.192 e. The number of rotatable bonds is 4. The highest BCUT2D eigenvalue weighted by Crippen LogP contribution is 2.31. The molecule has 208 valence electrons. The molecule has 0 aliphatic rings. The third kappa shape index (κ3) is 4.95. The van der Waals surface area contributed by atoms with Crippen LogP contribution < -0.4 is 16.3 Å². The summed E-state index contributed by atoms with van der Waals surface area (Å²) in [4.78, 5) is 63.2. The highest BCUT2D eigenvalue weighted by atomic mass is 16.1. The van der Waals surface area contributed by atoms with Crippen molar-refractivity contribution in [2.45, 2.75) is 0 Å². The molecule has 0 amide bonds. The first-order chi connectivity index (χ1) is 21.0. The standard InChI is InChI=1S/C30H18N6O3.C4H6/c37-22-13-19(16-1-7-31-8-2-16)34-28-25(22)29-27(24(39)15-21(35-29)18-5-11-33-12-6-18)30-26(28)23(38)14-20(36-30)17-3-9-32-10-4-17;1-3-4-2/h1-15H,(H,34,37)(H,35,39)(H,36,38);3-4H,1-2H2. The molecule has 0 radical (unpaired) electrons. The lowest BCUT2D eigenvalue weighted by Crippen LogP contribution is -2.14. The van der Waals surface area contributed by atoms with E-state index in [1.54, 1.807) is 85.7 Å². The second-order valence-corrected chi connectivity index (χ2v) is 9.57. The van der Waals surface area contributed by atoms with Crippen LogP contribution in [0, 0.1) is 0 Å². The van der Waals surface area contributed by atoms with Crippen molar-refractivity contribution in [3.8, 4) is 33.8 Å². The van der Waals surface area contributed by atoms with Crippen LogP contribution in [0.2, 0.25) is 0 Å². The Hall–Kier alpha value is -6.22. The van der Waals surface area contributed by atoms with Gasteiger partial charge >= 0.3 is 0 Å². The van der Waals surface area contributed by atoms with Gasteiger partial charge in [0.15, 0.2) is 16.3 Å². The van der Waals surface area contributed by atoms with Gasteiger partial charge in [-0.3, -0.25) is 29.3 Å². The van der Waals surface area contributed by atoms with Crippen LogP contribution in [-0.4, -0.2) is 29.9 Å². The minimum atomic E-state index is -0.331. The number of H-pyrrole nitrogens is 3. The first-order valence-electron chi connectivity index (χ1n) is 13.3. The average molecular weight is 565 g/mol. The highest BCUT2D eigenvalue weighted by molar-refractivity contribution is 6.22. The summed E-state index contributed by atoms with van der Waals surface area (Å²) in [5, 5.41) is 0.682. The molecule has 9 nitrogen and oxygen atoms in total. The van der Waals surface area contributed by atoms with Gasteiger partial charge in [0.05, 0.1) is 32.7 Å². The van der Waals surface area contributed by atoms with Gasteiger partial charge in [-0.1, -0.05) is 25.3 Å². The topological polar surface area (TPSA) is 137 Å². The Balaban J connectivity index is 0.000000777. The molecule has 0 spiro atoms. The molecule has 7 aromatic rings. The van der Waals surface area contributed by atoms with E-state index in [9.17, 15) is 14.4 Å². The third-order valence-electron chi connectivity index (χ3n) is 6.99. The van der Waals surface area contributed by atoms with E-state index in [-0.39, 0.29) is 32.4 Å². The van der Waals surface area contributed by atoms with Crippen molar-refractivity contribution < 1.29 is 0 Å². The van der Waals surface area contributed by atoms with E-state index in [0.717, 1.165) is 16.7 Å². The fourth-order valence-electron chi connectivity index (χ4n) is 5.05. The number of pyridine rings is 6. The molecular weight excluding hydrogens is 540 g/mol. The molecule has 6 heterocycles. The van der Waals surface area contributed by atoms with Crippen LogP contribution >= 0.6 is 0 Å². The molecule has 0 bridgehead atoms. The second kappa shape index (κ2) is 11.3. The largest absolute Gasteiger partial charge is 0.354 e. The number of aromatic nitrogens is 6. The van der Waals surface area contributed by atoms with Gasteiger partial charge in [0.1, 0.15) is 0 Å². The maximum Gasteiger partial charge on any atom is 0.192 e. The van der Waals surface area contributed by atoms with Crippen LogP contribution in [0.4, 0.5) is 0 Å².